The average molecular weight is 233 g/mol. The molecule has 0 aliphatic carbocycles. The quantitative estimate of drug-likeness (QED) is 0.261. The third-order valence-electron chi connectivity index (χ3n) is 1.79. The highest BCUT2D eigenvalue weighted by molar-refractivity contribution is 6.66. The molecule has 0 unspecified atom stereocenters. The summed E-state index contributed by atoms with van der Waals surface area (Å²) in [6.45, 7) is 0. The van der Waals surface area contributed by atoms with Crippen LogP contribution in [0.3, 0.4) is 0 Å². The molecular formula is C10H14Cl2N2. The van der Waals surface area contributed by atoms with Crippen molar-refractivity contribution in [2.45, 2.75) is 0 Å². The summed E-state index contributed by atoms with van der Waals surface area (Å²) >= 11 is 6.07. The maximum absolute atomic E-state index is 6.07. The normalized spacial score (nSPS) is 8.86. The minimum absolute atomic E-state index is 0. The molecule has 4 heteroatoms. The Morgan fingerprint density at radius 2 is 1.71 bits per heavy atom. The molecule has 0 saturated heterocycles. The van der Waals surface area contributed by atoms with Gasteiger partial charge in [0.2, 0.25) is 0 Å². The van der Waals surface area contributed by atoms with E-state index >= 15 is 0 Å². The summed E-state index contributed by atoms with van der Waals surface area (Å²) < 4.78 is 1.87. The third-order valence-corrected chi connectivity index (χ3v) is 2.38. The number of amidine groups is 1. The van der Waals surface area contributed by atoms with E-state index in [9.17, 15) is 0 Å². The van der Waals surface area contributed by atoms with Crippen LogP contribution < -0.4 is 17.3 Å². The van der Waals surface area contributed by atoms with Crippen LogP contribution >= 0.6 is 11.6 Å². The smallest absolute Gasteiger partial charge is 0.349 e. The minimum atomic E-state index is 0. The number of para-hydroxylation sites is 1. The van der Waals surface area contributed by atoms with Gasteiger partial charge in [0, 0.05) is 11.6 Å². The van der Waals surface area contributed by atoms with Gasteiger partial charge in [0.05, 0.1) is 21.1 Å². The molecule has 0 spiro atoms. The molecule has 0 radical (unpaired) electrons. The monoisotopic (exact) mass is 232 g/mol. The number of halogens is 2. The zero-order chi connectivity index (χ0) is 9.84. The lowest BCUT2D eigenvalue weighted by molar-refractivity contribution is -0.462. The number of hydrogen-bond donors (Lipinski definition) is 0. The first-order valence-electron chi connectivity index (χ1n) is 4.11. The second kappa shape index (κ2) is 5.89. The van der Waals surface area contributed by atoms with Crippen molar-refractivity contribution in [1.29, 1.82) is 0 Å². The van der Waals surface area contributed by atoms with Crippen molar-refractivity contribution in [3.05, 3.63) is 30.3 Å². The second-order valence-electron chi connectivity index (χ2n) is 3.06. The van der Waals surface area contributed by atoms with Crippen LogP contribution in [-0.4, -0.2) is 31.0 Å². The van der Waals surface area contributed by atoms with Crippen molar-refractivity contribution < 1.29 is 17.0 Å². The van der Waals surface area contributed by atoms with Crippen LogP contribution in [0.5, 0.6) is 0 Å². The van der Waals surface area contributed by atoms with Crippen LogP contribution in [0, 0.1) is 0 Å². The molecule has 0 atom stereocenters. The van der Waals surface area contributed by atoms with Gasteiger partial charge in [-0.25, -0.2) is 4.90 Å². The van der Waals surface area contributed by atoms with E-state index in [1.165, 1.54) is 0 Å². The highest BCUT2D eigenvalue weighted by Crippen LogP contribution is 2.12. The molecule has 1 aromatic carbocycles. The molecule has 78 valence electrons. The van der Waals surface area contributed by atoms with Crippen molar-refractivity contribution in [3.8, 4) is 0 Å². The molecule has 0 fully saturated rings. The number of rotatable bonds is 1. The van der Waals surface area contributed by atoms with Crippen molar-refractivity contribution in [3.63, 3.8) is 0 Å². The molecule has 0 aliphatic rings. The summed E-state index contributed by atoms with van der Waals surface area (Å²) in [6.07, 6.45) is 0. The van der Waals surface area contributed by atoms with E-state index in [1.54, 1.807) is 0 Å². The molecule has 0 aliphatic heterocycles. The SMILES string of the molecule is CN(C(Cl)=[N+](C)C)c1ccccc1.[Cl-]. The molecule has 14 heavy (non-hydrogen) atoms. The number of benzene rings is 1. The zero-order valence-electron chi connectivity index (χ0n) is 8.54. The van der Waals surface area contributed by atoms with Gasteiger partial charge in [-0.2, -0.15) is 0 Å². The molecule has 0 aromatic heterocycles. The lowest BCUT2D eigenvalue weighted by atomic mass is 10.3. The third kappa shape index (κ3) is 3.20. The van der Waals surface area contributed by atoms with Gasteiger partial charge >= 0.3 is 5.29 Å². The fourth-order valence-corrected chi connectivity index (χ4v) is 1.16. The van der Waals surface area contributed by atoms with Crippen molar-refractivity contribution in [2.75, 3.05) is 26.0 Å². The Morgan fingerprint density at radius 3 is 2.14 bits per heavy atom. The zero-order valence-corrected chi connectivity index (χ0v) is 10.0. The molecule has 2 nitrogen and oxygen atoms in total. The summed E-state index contributed by atoms with van der Waals surface area (Å²) in [5.41, 5.74) is 1.08. The predicted octanol–water partition coefficient (Wildman–Crippen LogP) is -1.01. The van der Waals surface area contributed by atoms with Gasteiger partial charge in [-0.15, -0.1) is 0 Å². The first kappa shape index (κ1) is 13.3. The van der Waals surface area contributed by atoms with Crippen LogP contribution in [0.15, 0.2) is 30.3 Å². The predicted molar refractivity (Wildman–Crippen MR) is 57.8 cm³/mol. The van der Waals surface area contributed by atoms with Gasteiger partial charge in [0.1, 0.15) is 5.69 Å². The van der Waals surface area contributed by atoms with Gasteiger partial charge < -0.3 is 12.4 Å². The van der Waals surface area contributed by atoms with Gasteiger partial charge in [-0.1, -0.05) is 18.2 Å². The lowest BCUT2D eigenvalue weighted by Gasteiger charge is -2.10. The van der Waals surface area contributed by atoms with Crippen LogP contribution in [0.25, 0.3) is 0 Å². The number of anilines is 1. The molecule has 0 saturated carbocycles. The Kier molecular flexibility index (Phi) is 5.58. The Balaban J connectivity index is 0.00000169. The Labute approximate surface area is 96.2 Å². The summed E-state index contributed by atoms with van der Waals surface area (Å²) in [4.78, 5) is 1.93. The molecule has 1 rings (SSSR count). The molecular weight excluding hydrogens is 219 g/mol. The Morgan fingerprint density at radius 1 is 1.21 bits per heavy atom. The Bertz CT molecular complexity index is 305. The van der Waals surface area contributed by atoms with E-state index in [0.717, 1.165) is 5.69 Å². The van der Waals surface area contributed by atoms with E-state index in [4.69, 9.17) is 11.6 Å². The molecule has 0 heterocycles. The fraction of sp³-hybridized carbons (Fsp3) is 0.300. The highest BCUT2D eigenvalue weighted by atomic mass is 35.5. The molecule has 0 N–H and O–H groups in total. The minimum Gasteiger partial charge on any atom is -1.00 e. The van der Waals surface area contributed by atoms with Gasteiger partial charge in [0.25, 0.3) is 0 Å². The summed E-state index contributed by atoms with van der Waals surface area (Å²) in [7, 11) is 5.78. The molecule has 1 aromatic rings. The van der Waals surface area contributed by atoms with Gasteiger partial charge in [-0.05, 0) is 12.1 Å². The van der Waals surface area contributed by atoms with E-state index < -0.39 is 0 Å². The standard InChI is InChI=1S/C10H14ClN2.ClH/c1-12(2)10(11)13(3)9-7-5-4-6-8-9;/h4-8H,1-3H3;1H/q+1;/p-1. The first-order valence-corrected chi connectivity index (χ1v) is 4.49. The van der Waals surface area contributed by atoms with E-state index in [-0.39, 0.29) is 12.4 Å². The van der Waals surface area contributed by atoms with Crippen LogP contribution in [0.1, 0.15) is 0 Å². The van der Waals surface area contributed by atoms with E-state index in [2.05, 4.69) is 0 Å². The highest BCUT2D eigenvalue weighted by Gasteiger charge is 2.14. The van der Waals surface area contributed by atoms with Gasteiger partial charge in [0.15, 0.2) is 0 Å². The molecule has 0 amide bonds. The average Bonchev–Trinajstić information content (AvgIpc) is 2.17. The van der Waals surface area contributed by atoms with Crippen molar-refractivity contribution >= 4 is 22.6 Å². The number of nitrogens with zero attached hydrogens (tertiary/aromatic N) is 2. The van der Waals surface area contributed by atoms with E-state index in [1.807, 2.05) is 61.0 Å². The van der Waals surface area contributed by atoms with E-state index in [0.29, 0.717) is 5.29 Å². The van der Waals surface area contributed by atoms with Crippen LogP contribution in [-0.2, 0) is 0 Å². The van der Waals surface area contributed by atoms with Crippen molar-refractivity contribution in [1.82, 2.24) is 0 Å². The second-order valence-corrected chi connectivity index (χ2v) is 3.40. The van der Waals surface area contributed by atoms with Crippen molar-refractivity contribution in [2.24, 2.45) is 0 Å². The topological polar surface area (TPSA) is 6.25 Å². The molecule has 0 bridgehead atoms. The largest absolute Gasteiger partial charge is 1.00 e. The first-order chi connectivity index (χ1) is 6.13. The van der Waals surface area contributed by atoms with Crippen LogP contribution in [0.4, 0.5) is 5.69 Å². The summed E-state index contributed by atoms with van der Waals surface area (Å²) in [5.74, 6) is 0. The lowest BCUT2D eigenvalue weighted by Crippen LogP contribution is -3.00. The maximum Gasteiger partial charge on any atom is 0.349 e. The van der Waals surface area contributed by atoms with Crippen LogP contribution in [0.2, 0.25) is 0 Å². The number of hydrogen-bond acceptors (Lipinski definition) is 0. The summed E-state index contributed by atoms with van der Waals surface area (Å²) in [5, 5.41) is 0.700. The van der Waals surface area contributed by atoms with Gasteiger partial charge in [-0.3, -0.25) is 4.58 Å². The maximum atomic E-state index is 6.07. The fourth-order valence-electron chi connectivity index (χ4n) is 1.06. The summed E-state index contributed by atoms with van der Waals surface area (Å²) in [6, 6.07) is 10.0. The Hall–Kier alpha value is -0.730.